The summed E-state index contributed by atoms with van der Waals surface area (Å²) in [5.74, 6) is -0.893. The predicted octanol–water partition coefficient (Wildman–Crippen LogP) is 4.39. The summed E-state index contributed by atoms with van der Waals surface area (Å²) in [5.41, 5.74) is 1.83. The van der Waals surface area contributed by atoms with Crippen molar-refractivity contribution in [3.05, 3.63) is 24.3 Å². The highest BCUT2D eigenvalue weighted by atomic mass is 35.5. The van der Waals surface area contributed by atoms with Gasteiger partial charge in [-0.05, 0) is 18.6 Å². The maximum Gasteiger partial charge on any atom is 0.321 e. The smallest absolute Gasteiger partial charge is 0.321 e. The molecule has 0 saturated carbocycles. The Hall–Kier alpha value is -1.62. The number of para-hydroxylation sites is 2. The summed E-state index contributed by atoms with van der Waals surface area (Å²) in [6.45, 7) is 2.18. The van der Waals surface area contributed by atoms with Gasteiger partial charge in [-0.25, -0.2) is 0 Å². The van der Waals surface area contributed by atoms with Gasteiger partial charge in [0, 0.05) is 0 Å². The van der Waals surface area contributed by atoms with Crippen LogP contribution in [0.2, 0.25) is 0 Å². The van der Waals surface area contributed by atoms with E-state index in [1.165, 1.54) is 25.7 Å². The largest absolute Gasteiger partial charge is 0.480 e. The van der Waals surface area contributed by atoms with E-state index in [0.29, 0.717) is 6.42 Å². The van der Waals surface area contributed by atoms with Crippen LogP contribution >= 0.6 is 11.6 Å². The summed E-state index contributed by atoms with van der Waals surface area (Å²) in [5, 5.41) is 18.1. The van der Waals surface area contributed by atoms with Crippen molar-refractivity contribution in [3.8, 4) is 0 Å². The molecule has 2 rings (SSSR count). The zero-order chi connectivity index (χ0) is 16.2. The van der Waals surface area contributed by atoms with Gasteiger partial charge in [-0.3, -0.25) is 4.79 Å². The number of H-pyrrole nitrogens is 1. The van der Waals surface area contributed by atoms with Crippen molar-refractivity contribution < 1.29 is 9.90 Å². The second-order valence-electron chi connectivity index (χ2n) is 5.17. The van der Waals surface area contributed by atoms with E-state index in [9.17, 15) is 4.79 Å². The van der Waals surface area contributed by atoms with Crippen LogP contribution in [0.3, 0.4) is 0 Å². The lowest BCUT2D eigenvalue weighted by molar-refractivity contribution is -0.136. The van der Waals surface area contributed by atoms with Crippen molar-refractivity contribution in [3.63, 3.8) is 0 Å². The van der Waals surface area contributed by atoms with Gasteiger partial charge in [0.2, 0.25) is 0 Å². The summed E-state index contributed by atoms with van der Waals surface area (Å²) in [7, 11) is 0. The minimum atomic E-state index is -0.893. The first-order chi connectivity index (χ1) is 10.6. The fourth-order valence-corrected chi connectivity index (χ4v) is 2.17. The zero-order valence-corrected chi connectivity index (χ0v) is 13.7. The lowest BCUT2D eigenvalue weighted by atomic mass is 10.1. The number of halogens is 1. The van der Waals surface area contributed by atoms with Crippen LogP contribution in [0, 0.1) is 0 Å². The summed E-state index contributed by atoms with van der Waals surface area (Å²) < 4.78 is 0. The van der Waals surface area contributed by atoms with Crippen molar-refractivity contribution in [2.24, 2.45) is 0 Å². The van der Waals surface area contributed by atoms with Crippen LogP contribution < -0.4 is 0 Å². The number of hydrogen-bond donors (Lipinski definition) is 2. The molecular formula is C16H24ClN3O2. The molecule has 2 N–H and O–H groups in total. The molecule has 1 heterocycles. The Bertz CT molecular complexity index is 515. The number of rotatable bonds is 8. The van der Waals surface area contributed by atoms with Crippen LogP contribution in [0.25, 0.3) is 11.0 Å². The molecule has 5 nitrogen and oxygen atoms in total. The molecule has 0 aliphatic rings. The number of carbonyl (C=O) groups is 1. The van der Waals surface area contributed by atoms with Crippen molar-refractivity contribution in [2.75, 3.05) is 0 Å². The SMILES string of the molecule is CCCCCCCCC(Cl)C(=O)O.c1ccc2n[nH]nc2c1. The van der Waals surface area contributed by atoms with Gasteiger partial charge in [0.05, 0.1) is 0 Å². The maximum atomic E-state index is 10.3. The number of unbranched alkanes of at least 4 members (excludes halogenated alkanes) is 5. The molecule has 0 amide bonds. The predicted molar refractivity (Wildman–Crippen MR) is 89.2 cm³/mol. The number of nitrogens with one attached hydrogen (secondary N) is 1. The Kier molecular flexibility index (Phi) is 9.23. The van der Waals surface area contributed by atoms with Crippen molar-refractivity contribution in [1.29, 1.82) is 0 Å². The van der Waals surface area contributed by atoms with Gasteiger partial charge < -0.3 is 5.11 Å². The van der Waals surface area contributed by atoms with Gasteiger partial charge in [0.25, 0.3) is 0 Å². The minimum absolute atomic E-state index is 0.600. The molecule has 6 heteroatoms. The molecule has 2 aromatic rings. The van der Waals surface area contributed by atoms with Gasteiger partial charge in [-0.2, -0.15) is 15.4 Å². The van der Waals surface area contributed by atoms with E-state index in [1.54, 1.807) is 0 Å². The van der Waals surface area contributed by atoms with Gasteiger partial charge in [-0.15, -0.1) is 11.6 Å². The number of carboxylic acids is 1. The van der Waals surface area contributed by atoms with Crippen LogP contribution in [-0.4, -0.2) is 31.9 Å². The number of aromatic amines is 1. The average Bonchev–Trinajstić information content (AvgIpc) is 2.99. The topological polar surface area (TPSA) is 78.9 Å². The third-order valence-electron chi connectivity index (χ3n) is 3.30. The summed E-state index contributed by atoms with van der Waals surface area (Å²) >= 11 is 5.56. The van der Waals surface area contributed by atoms with Crippen LogP contribution in [0.1, 0.15) is 51.9 Å². The molecule has 122 valence electrons. The molecule has 0 fully saturated rings. The Morgan fingerprint density at radius 3 is 2.23 bits per heavy atom. The van der Waals surface area contributed by atoms with Crippen LogP contribution in [0.15, 0.2) is 24.3 Å². The maximum absolute atomic E-state index is 10.3. The molecule has 1 aromatic heterocycles. The number of aromatic nitrogens is 3. The number of benzene rings is 1. The molecule has 0 aliphatic carbocycles. The first kappa shape index (κ1) is 18.4. The highest BCUT2D eigenvalue weighted by molar-refractivity contribution is 6.29. The second-order valence-corrected chi connectivity index (χ2v) is 5.70. The first-order valence-electron chi connectivity index (χ1n) is 7.77. The second kappa shape index (κ2) is 11.0. The first-order valence-corrected chi connectivity index (χ1v) is 8.21. The summed E-state index contributed by atoms with van der Waals surface area (Å²) in [6.07, 6.45) is 7.63. The molecule has 0 spiro atoms. The number of fused-ring (bicyclic) bond motifs is 1. The highest BCUT2D eigenvalue weighted by Crippen LogP contribution is 2.11. The van der Waals surface area contributed by atoms with Crippen LogP contribution in [0.4, 0.5) is 0 Å². The van der Waals surface area contributed by atoms with Crippen LogP contribution in [0.5, 0.6) is 0 Å². The van der Waals surface area contributed by atoms with E-state index in [-0.39, 0.29) is 0 Å². The Morgan fingerprint density at radius 1 is 1.14 bits per heavy atom. The van der Waals surface area contributed by atoms with Crippen molar-refractivity contribution in [2.45, 2.75) is 57.2 Å². The van der Waals surface area contributed by atoms with E-state index in [0.717, 1.165) is 23.9 Å². The lowest BCUT2D eigenvalue weighted by Crippen LogP contribution is -2.12. The van der Waals surface area contributed by atoms with Crippen molar-refractivity contribution >= 4 is 28.6 Å². The standard InChI is InChI=1S/C10H19ClO2.C6H5N3/c1-2-3-4-5-6-7-8-9(11)10(12)13;1-2-4-6-5(3-1)7-9-8-6/h9H,2-8H2,1H3,(H,12,13);1-4H,(H,7,8,9). The van der Waals surface area contributed by atoms with Crippen molar-refractivity contribution in [1.82, 2.24) is 15.4 Å². The van der Waals surface area contributed by atoms with Gasteiger partial charge in [0.1, 0.15) is 16.4 Å². The molecule has 0 radical (unpaired) electrons. The normalized spacial score (nSPS) is 11.7. The molecular weight excluding hydrogens is 302 g/mol. The fraction of sp³-hybridized carbons (Fsp3) is 0.562. The zero-order valence-electron chi connectivity index (χ0n) is 13.0. The Balaban J connectivity index is 0.000000231. The summed E-state index contributed by atoms with van der Waals surface area (Å²) in [4.78, 5) is 10.3. The lowest BCUT2D eigenvalue weighted by Gasteiger charge is -2.03. The number of nitrogens with zero attached hydrogens (tertiary/aromatic N) is 2. The third kappa shape index (κ3) is 7.41. The number of carboxylic acid groups (broad SMARTS) is 1. The fourth-order valence-electron chi connectivity index (χ4n) is 2.01. The van der Waals surface area contributed by atoms with E-state index < -0.39 is 11.3 Å². The Labute approximate surface area is 136 Å². The monoisotopic (exact) mass is 325 g/mol. The van der Waals surface area contributed by atoms with Gasteiger partial charge in [0.15, 0.2) is 0 Å². The summed E-state index contributed by atoms with van der Waals surface area (Å²) in [6, 6.07) is 7.70. The van der Waals surface area contributed by atoms with E-state index in [4.69, 9.17) is 16.7 Å². The quantitative estimate of drug-likeness (QED) is 0.557. The molecule has 1 aromatic carbocycles. The molecule has 0 saturated heterocycles. The third-order valence-corrected chi connectivity index (χ3v) is 3.71. The highest BCUT2D eigenvalue weighted by Gasteiger charge is 2.11. The minimum Gasteiger partial charge on any atom is -0.480 e. The Morgan fingerprint density at radius 2 is 1.68 bits per heavy atom. The molecule has 0 aliphatic heterocycles. The number of hydrogen-bond acceptors (Lipinski definition) is 3. The number of alkyl halides is 1. The molecule has 0 bridgehead atoms. The van der Waals surface area contributed by atoms with Crippen LogP contribution in [-0.2, 0) is 4.79 Å². The number of aliphatic carboxylic acids is 1. The average molecular weight is 326 g/mol. The van der Waals surface area contributed by atoms with E-state index >= 15 is 0 Å². The van der Waals surface area contributed by atoms with E-state index in [2.05, 4.69) is 22.3 Å². The van der Waals surface area contributed by atoms with Gasteiger partial charge >= 0.3 is 5.97 Å². The molecule has 22 heavy (non-hydrogen) atoms. The van der Waals surface area contributed by atoms with Gasteiger partial charge in [-0.1, -0.05) is 57.6 Å². The molecule has 1 atom stereocenters. The molecule has 1 unspecified atom stereocenters. The van der Waals surface area contributed by atoms with E-state index in [1.807, 2.05) is 24.3 Å².